The number of aryl methyl sites for hydroxylation is 3. The molecule has 1 atom stereocenters. The zero-order chi connectivity index (χ0) is 13.3. The highest BCUT2D eigenvalue weighted by Gasteiger charge is 2.18. The number of aromatic nitrogens is 4. The van der Waals surface area contributed by atoms with Crippen LogP contribution >= 0.6 is 11.8 Å². The van der Waals surface area contributed by atoms with Gasteiger partial charge in [0.15, 0.2) is 0 Å². The Kier molecular flexibility index (Phi) is 3.72. The quantitative estimate of drug-likeness (QED) is 0.903. The minimum atomic E-state index is 0.0941. The SMILES string of the molecule is Cc1nnc(Sc2c(CC(C)N)c(C)nn2C)o1. The van der Waals surface area contributed by atoms with Crippen LogP contribution in [0.2, 0.25) is 0 Å². The lowest BCUT2D eigenvalue weighted by molar-refractivity contribution is 0.428. The second-order valence-electron chi connectivity index (χ2n) is 4.36. The van der Waals surface area contributed by atoms with Crippen LogP contribution in [0.15, 0.2) is 14.7 Å². The number of nitrogens with two attached hydrogens (primary N) is 1. The fourth-order valence-electron chi connectivity index (χ4n) is 1.77. The average molecular weight is 267 g/mol. The first-order chi connectivity index (χ1) is 8.47. The summed E-state index contributed by atoms with van der Waals surface area (Å²) in [6.07, 6.45) is 0.787. The van der Waals surface area contributed by atoms with E-state index >= 15 is 0 Å². The van der Waals surface area contributed by atoms with Gasteiger partial charge in [-0.2, -0.15) is 5.10 Å². The summed E-state index contributed by atoms with van der Waals surface area (Å²) in [7, 11) is 1.91. The molecule has 2 aromatic rings. The van der Waals surface area contributed by atoms with Gasteiger partial charge in [0.25, 0.3) is 5.22 Å². The van der Waals surface area contributed by atoms with Crippen molar-refractivity contribution in [3.63, 3.8) is 0 Å². The Labute approximate surface area is 110 Å². The van der Waals surface area contributed by atoms with Crippen LogP contribution in [0, 0.1) is 13.8 Å². The van der Waals surface area contributed by atoms with Gasteiger partial charge in [0, 0.05) is 25.6 Å². The maximum absolute atomic E-state index is 5.87. The smallest absolute Gasteiger partial charge is 0.282 e. The normalized spacial score (nSPS) is 12.9. The molecule has 0 amide bonds. The first-order valence-corrected chi connectivity index (χ1v) is 6.55. The molecule has 98 valence electrons. The molecule has 0 saturated carbocycles. The van der Waals surface area contributed by atoms with Crippen LogP contribution in [-0.2, 0) is 13.5 Å². The zero-order valence-corrected chi connectivity index (χ0v) is 11.8. The zero-order valence-electron chi connectivity index (χ0n) is 11.0. The van der Waals surface area contributed by atoms with Gasteiger partial charge in [-0.15, -0.1) is 10.2 Å². The fourth-order valence-corrected chi connectivity index (χ4v) is 2.70. The van der Waals surface area contributed by atoms with Gasteiger partial charge >= 0.3 is 0 Å². The molecule has 0 radical (unpaired) electrons. The van der Waals surface area contributed by atoms with Gasteiger partial charge in [0.05, 0.1) is 5.69 Å². The Hall–Kier alpha value is -1.34. The molecule has 0 fully saturated rings. The molecule has 7 heteroatoms. The van der Waals surface area contributed by atoms with Gasteiger partial charge in [-0.25, -0.2) is 0 Å². The molecule has 0 spiro atoms. The molecule has 0 aliphatic carbocycles. The molecule has 2 heterocycles. The summed E-state index contributed by atoms with van der Waals surface area (Å²) in [5.41, 5.74) is 8.01. The van der Waals surface area contributed by atoms with Gasteiger partial charge in [-0.05, 0) is 32.0 Å². The van der Waals surface area contributed by atoms with E-state index in [1.807, 2.05) is 25.6 Å². The van der Waals surface area contributed by atoms with Crippen molar-refractivity contribution in [3.05, 3.63) is 17.1 Å². The largest absolute Gasteiger partial charge is 0.416 e. The molecular formula is C11H17N5OS. The number of rotatable bonds is 4. The van der Waals surface area contributed by atoms with Crippen molar-refractivity contribution in [1.82, 2.24) is 20.0 Å². The van der Waals surface area contributed by atoms with E-state index in [-0.39, 0.29) is 6.04 Å². The predicted molar refractivity (Wildman–Crippen MR) is 68.5 cm³/mol. The maximum atomic E-state index is 5.87. The van der Waals surface area contributed by atoms with Crippen molar-refractivity contribution in [2.24, 2.45) is 12.8 Å². The van der Waals surface area contributed by atoms with Crippen LogP contribution in [0.5, 0.6) is 0 Å². The van der Waals surface area contributed by atoms with Gasteiger partial charge < -0.3 is 10.2 Å². The van der Waals surface area contributed by atoms with E-state index in [0.29, 0.717) is 11.1 Å². The van der Waals surface area contributed by atoms with E-state index in [2.05, 4.69) is 15.3 Å². The first kappa shape index (κ1) is 13.1. The molecule has 0 aromatic carbocycles. The Morgan fingerprint density at radius 1 is 1.39 bits per heavy atom. The minimum absolute atomic E-state index is 0.0941. The highest BCUT2D eigenvalue weighted by atomic mass is 32.2. The maximum Gasteiger partial charge on any atom is 0.282 e. The summed E-state index contributed by atoms with van der Waals surface area (Å²) in [6, 6.07) is 0.0941. The molecule has 18 heavy (non-hydrogen) atoms. The van der Waals surface area contributed by atoms with Crippen LogP contribution in [0.4, 0.5) is 0 Å². The Bertz CT molecular complexity index is 546. The van der Waals surface area contributed by atoms with Crippen molar-refractivity contribution in [1.29, 1.82) is 0 Å². The van der Waals surface area contributed by atoms with Crippen LogP contribution in [0.1, 0.15) is 24.1 Å². The topological polar surface area (TPSA) is 82.8 Å². The second kappa shape index (κ2) is 5.11. The number of nitrogens with zero attached hydrogens (tertiary/aromatic N) is 4. The van der Waals surface area contributed by atoms with Gasteiger partial charge in [0.1, 0.15) is 5.03 Å². The number of hydrogen-bond donors (Lipinski definition) is 1. The molecule has 0 saturated heterocycles. The van der Waals surface area contributed by atoms with E-state index in [1.54, 1.807) is 6.92 Å². The van der Waals surface area contributed by atoms with Crippen LogP contribution < -0.4 is 5.73 Å². The fraction of sp³-hybridized carbons (Fsp3) is 0.545. The lowest BCUT2D eigenvalue weighted by atomic mass is 10.1. The average Bonchev–Trinajstić information content (AvgIpc) is 2.77. The van der Waals surface area contributed by atoms with E-state index in [1.165, 1.54) is 11.8 Å². The van der Waals surface area contributed by atoms with E-state index in [0.717, 1.165) is 22.7 Å². The van der Waals surface area contributed by atoms with E-state index in [4.69, 9.17) is 10.2 Å². The van der Waals surface area contributed by atoms with E-state index < -0.39 is 0 Å². The molecule has 2 rings (SSSR count). The number of hydrogen-bond acceptors (Lipinski definition) is 6. The van der Waals surface area contributed by atoms with E-state index in [9.17, 15) is 0 Å². The summed E-state index contributed by atoms with van der Waals surface area (Å²) in [5, 5.41) is 13.8. The van der Waals surface area contributed by atoms with Gasteiger partial charge in [-0.1, -0.05) is 0 Å². The Balaban J connectivity index is 2.31. The third kappa shape index (κ3) is 2.73. The molecule has 0 bridgehead atoms. The third-order valence-electron chi connectivity index (χ3n) is 2.51. The Morgan fingerprint density at radius 2 is 2.11 bits per heavy atom. The highest BCUT2D eigenvalue weighted by Crippen LogP contribution is 2.31. The van der Waals surface area contributed by atoms with Crippen LogP contribution in [0.25, 0.3) is 0 Å². The summed E-state index contributed by atoms with van der Waals surface area (Å²) < 4.78 is 7.21. The summed E-state index contributed by atoms with van der Waals surface area (Å²) in [5.74, 6) is 0.560. The highest BCUT2D eigenvalue weighted by molar-refractivity contribution is 7.99. The lowest BCUT2D eigenvalue weighted by Gasteiger charge is -2.06. The van der Waals surface area contributed by atoms with Gasteiger partial charge in [0.2, 0.25) is 5.89 Å². The Morgan fingerprint density at radius 3 is 2.67 bits per heavy atom. The van der Waals surface area contributed by atoms with Crippen molar-refractivity contribution >= 4 is 11.8 Å². The molecular weight excluding hydrogens is 250 g/mol. The second-order valence-corrected chi connectivity index (χ2v) is 5.30. The lowest BCUT2D eigenvalue weighted by Crippen LogP contribution is -2.18. The molecule has 0 aliphatic rings. The summed E-state index contributed by atoms with van der Waals surface area (Å²) in [6.45, 7) is 5.74. The van der Waals surface area contributed by atoms with Gasteiger partial charge in [-0.3, -0.25) is 4.68 Å². The standard InChI is InChI=1S/C11H17N5OS/c1-6(12)5-9-7(2)15-16(4)10(9)18-11-14-13-8(3)17-11/h6H,5,12H2,1-4H3. The predicted octanol–water partition coefficient (Wildman–Crippen LogP) is 1.46. The monoisotopic (exact) mass is 267 g/mol. The molecule has 1 unspecified atom stereocenters. The first-order valence-electron chi connectivity index (χ1n) is 5.73. The van der Waals surface area contributed by atoms with Crippen molar-refractivity contribution < 1.29 is 4.42 Å². The van der Waals surface area contributed by atoms with Crippen molar-refractivity contribution in [2.75, 3.05) is 0 Å². The molecule has 0 aliphatic heterocycles. The van der Waals surface area contributed by atoms with Crippen LogP contribution in [-0.4, -0.2) is 26.0 Å². The molecule has 6 nitrogen and oxygen atoms in total. The van der Waals surface area contributed by atoms with Crippen molar-refractivity contribution in [2.45, 2.75) is 43.5 Å². The third-order valence-corrected chi connectivity index (χ3v) is 3.55. The van der Waals surface area contributed by atoms with Crippen LogP contribution in [0.3, 0.4) is 0 Å². The minimum Gasteiger partial charge on any atom is -0.416 e. The summed E-state index contributed by atoms with van der Waals surface area (Å²) >= 11 is 1.43. The molecule has 2 aromatic heterocycles. The summed E-state index contributed by atoms with van der Waals surface area (Å²) in [4.78, 5) is 0. The van der Waals surface area contributed by atoms with Crippen molar-refractivity contribution in [3.8, 4) is 0 Å². The molecule has 2 N–H and O–H groups in total.